The van der Waals surface area contributed by atoms with Crippen molar-refractivity contribution < 1.29 is 19.4 Å². The lowest BCUT2D eigenvalue weighted by atomic mass is 9.63. The highest BCUT2D eigenvalue weighted by Crippen LogP contribution is 2.44. The molecule has 5 nitrogen and oxygen atoms in total. The largest absolute Gasteiger partial charge is 0.479 e. The molecule has 1 aliphatic rings. The van der Waals surface area contributed by atoms with Crippen LogP contribution in [0.4, 0.5) is 4.79 Å². The van der Waals surface area contributed by atoms with Crippen LogP contribution >= 0.6 is 0 Å². The lowest BCUT2D eigenvalue weighted by Gasteiger charge is -2.46. The van der Waals surface area contributed by atoms with Crippen molar-refractivity contribution in [2.45, 2.75) is 51.7 Å². The van der Waals surface area contributed by atoms with Crippen molar-refractivity contribution in [2.24, 2.45) is 5.41 Å². The van der Waals surface area contributed by atoms with E-state index in [1.165, 1.54) is 0 Å². The second-order valence-electron chi connectivity index (χ2n) is 6.49. The molecule has 0 bridgehead atoms. The third-order valence-electron chi connectivity index (χ3n) is 4.65. The smallest absolute Gasteiger partial charge is 0.408 e. The average Bonchev–Trinajstić information content (AvgIpc) is 2.48. The van der Waals surface area contributed by atoms with Crippen molar-refractivity contribution in [3.63, 3.8) is 0 Å². The fraction of sp³-hybridized carbons (Fsp3) is 0.529. The Morgan fingerprint density at radius 3 is 2.41 bits per heavy atom. The number of benzene rings is 1. The lowest BCUT2D eigenvalue weighted by molar-refractivity contribution is -0.152. The van der Waals surface area contributed by atoms with Crippen LogP contribution in [0.25, 0.3) is 0 Å². The van der Waals surface area contributed by atoms with Gasteiger partial charge in [0, 0.05) is 0 Å². The fourth-order valence-corrected chi connectivity index (χ4v) is 3.12. The zero-order valence-electron chi connectivity index (χ0n) is 13.1. The van der Waals surface area contributed by atoms with E-state index in [9.17, 15) is 14.7 Å². The minimum atomic E-state index is -1.26. The van der Waals surface area contributed by atoms with Crippen LogP contribution < -0.4 is 5.32 Å². The van der Waals surface area contributed by atoms with Crippen LogP contribution in [-0.2, 0) is 16.1 Å². The number of ether oxygens (including phenoxy) is 1. The van der Waals surface area contributed by atoms with Gasteiger partial charge in [0.2, 0.25) is 0 Å². The highest BCUT2D eigenvalue weighted by atomic mass is 16.5. The minimum absolute atomic E-state index is 0.128. The number of carboxylic acids is 1. The number of rotatable bonds is 4. The SMILES string of the molecule is CC1(C)CCCCC1(NC(=O)OCc1ccccc1)C(=O)O. The van der Waals surface area contributed by atoms with Gasteiger partial charge >= 0.3 is 12.1 Å². The average molecular weight is 305 g/mol. The number of carboxylic acid groups (broad SMARTS) is 1. The Labute approximate surface area is 130 Å². The number of amides is 1. The summed E-state index contributed by atoms with van der Waals surface area (Å²) in [7, 11) is 0. The van der Waals surface area contributed by atoms with Crippen LogP contribution in [-0.4, -0.2) is 22.7 Å². The van der Waals surface area contributed by atoms with Gasteiger partial charge in [-0.1, -0.05) is 57.0 Å². The van der Waals surface area contributed by atoms with Crippen molar-refractivity contribution in [3.8, 4) is 0 Å². The van der Waals surface area contributed by atoms with Crippen molar-refractivity contribution in [1.82, 2.24) is 5.32 Å². The Hall–Kier alpha value is -2.04. The Kier molecular flexibility index (Phi) is 4.74. The number of aliphatic carboxylic acids is 1. The molecule has 0 spiro atoms. The van der Waals surface area contributed by atoms with E-state index < -0.39 is 23.0 Å². The highest BCUT2D eigenvalue weighted by Gasteiger charge is 2.53. The van der Waals surface area contributed by atoms with E-state index in [2.05, 4.69) is 5.32 Å². The first-order valence-electron chi connectivity index (χ1n) is 7.60. The molecule has 0 aliphatic heterocycles. The topological polar surface area (TPSA) is 75.6 Å². The minimum Gasteiger partial charge on any atom is -0.479 e. The quantitative estimate of drug-likeness (QED) is 0.894. The molecule has 1 amide bonds. The molecule has 2 N–H and O–H groups in total. The summed E-state index contributed by atoms with van der Waals surface area (Å²) in [5, 5.41) is 12.3. The summed E-state index contributed by atoms with van der Waals surface area (Å²) in [5.41, 5.74) is -0.910. The molecule has 0 saturated heterocycles. The normalized spacial score (nSPS) is 23.5. The van der Waals surface area contributed by atoms with E-state index in [1.54, 1.807) is 0 Å². The molecule has 1 fully saturated rings. The van der Waals surface area contributed by atoms with Crippen LogP contribution in [0.15, 0.2) is 30.3 Å². The Balaban J connectivity index is 2.05. The van der Waals surface area contributed by atoms with Crippen LogP contribution in [0.1, 0.15) is 45.1 Å². The predicted molar refractivity (Wildman–Crippen MR) is 82.4 cm³/mol. The van der Waals surface area contributed by atoms with Crippen LogP contribution in [0.3, 0.4) is 0 Å². The molecule has 1 aromatic rings. The van der Waals surface area contributed by atoms with Gasteiger partial charge in [0.25, 0.3) is 0 Å². The number of alkyl carbamates (subject to hydrolysis) is 1. The van der Waals surface area contributed by atoms with Gasteiger partial charge in [-0.25, -0.2) is 9.59 Å². The number of hydrogen-bond acceptors (Lipinski definition) is 3. The summed E-state index contributed by atoms with van der Waals surface area (Å²) in [5.74, 6) is -0.992. The number of hydrogen-bond donors (Lipinski definition) is 2. The molecule has 1 atom stereocenters. The first kappa shape index (κ1) is 16.3. The van der Waals surface area contributed by atoms with Gasteiger partial charge in [-0.15, -0.1) is 0 Å². The van der Waals surface area contributed by atoms with Crippen LogP contribution in [0, 0.1) is 5.41 Å². The molecule has 0 heterocycles. The van der Waals surface area contributed by atoms with Gasteiger partial charge in [0.05, 0.1) is 0 Å². The molecule has 1 unspecified atom stereocenters. The molecular weight excluding hydrogens is 282 g/mol. The number of nitrogens with one attached hydrogen (secondary N) is 1. The van der Waals surface area contributed by atoms with Crippen molar-refractivity contribution >= 4 is 12.1 Å². The summed E-state index contributed by atoms with van der Waals surface area (Å²) in [6.45, 7) is 3.90. The molecule has 5 heteroatoms. The van der Waals surface area contributed by atoms with Gasteiger partial charge in [-0.3, -0.25) is 0 Å². The molecule has 120 valence electrons. The Bertz CT molecular complexity index is 541. The molecule has 2 rings (SSSR count). The number of carbonyl (C=O) groups excluding carboxylic acids is 1. The zero-order valence-corrected chi connectivity index (χ0v) is 13.1. The number of carbonyl (C=O) groups is 2. The van der Waals surface area contributed by atoms with E-state index in [-0.39, 0.29) is 6.61 Å². The van der Waals surface area contributed by atoms with E-state index >= 15 is 0 Å². The fourth-order valence-electron chi connectivity index (χ4n) is 3.12. The maximum absolute atomic E-state index is 12.1. The summed E-state index contributed by atoms with van der Waals surface area (Å²) >= 11 is 0. The van der Waals surface area contributed by atoms with Crippen molar-refractivity contribution in [2.75, 3.05) is 0 Å². The Morgan fingerprint density at radius 1 is 1.18 bits per heavy atom. The van der Waals surface area contributed by atoms with Gasteiger partial charge in [0.1, 0.15) is 12.1 Å². The van der Waals surface area contributed by atoms with Crippen molar-refractivity contribution in [1.29, 1.82) is 0 Å². The lowest BCUT2D eigenvalue weighted by Crippen LogP contribution is -2.64. The molecule has 0 radical (unpaired) electrons. The van der Waals surface area contributed by atoms with E-state index in [1.807, 2.05) is 44.2 Å². The standard InChI is InChI=1S/C17H23NO4/c1-16(2)10-6-7-11-17(16,14(19)20)18-15(21)22-12-13-8-4-3-5-9-13/h3-5,8-9H,6-7,10-12H2,1-2H3,(H,18,21)(H,19,20). The summed E-state index contributed by atoms with van der Waals surface area (Å²) in [4.78, 5) is 23.9. The molecular formula is C17H23NO4. The van der Waals surface area contributed by atoms with Gasteiger partial charge in [-0.2, -0.15) is 0 Å². The molecule has 1 aliphatic carbocycles. The van der Waals surface area contributed by atoms with E-state index in [0.29, 0.717) is 6.42 Å². The first-order chi connectivity index (χ1) is 10.4. The van der Waals surface area contributed by atoms with Gasteiger partial charge in [0.15, 0.2) is 0 Å². The maximum Gasteiger partial charge on any atom is 0.408 e. The summed E-state index contributed by atoms with van der Waals surface area (Å²) in [6, 6.07) is 9.31. The Morgan fingerprint density at radius 2 is 1.82 bits per heavy atom. The molecule has 22 heavy (non-hydrogen) atoms. The van der Waals surface area contributed by atoms with E-state index in [4.69, 9.17) is 4.74 Å². The highest BCUT2D eigenvalue weighted by molar-refractivity contribution is 5.85. The first-order valence-corrected chi connectivity index (χ1v) is 7.60. The van der Waals surface area contributed by atoms with Crippen molar-refractivity contribution in [3.05, 3.63) is 35.9 Å². The second kappa shape index (κ2) is 6.38. The van der Waals surface area contributed by atoms with Crippen LogP contribution in [0.2, 0.25) is 0 Å². The zero-order chi connectivity index (χ0) is 16.2. The monoisotopic (exact) mass is 305 g/mol. The molecule has 0 aromatic heterocycles. The third-order valence-corrected chi connectivity index (χ3v) is 4.65. The summed E-state index contributed by atoms with van der Waals surface area (Å²) < 4.78 is 5.19. The second-order valence-corrected chi connectivity index (χ2v) is 6.49. The third kappa shape index (κ3) is 3.24. The maximum atomic E-state index is 12.1. The molecule has 1 saturated carbocycles. The van der Waals surface area contributed by atoms with E-state index in [0.717, 1.165) is 24.8 Å². The molecule has 1 aromatic carbocycles. The summed E-state index contributed by atoms with van der Waals surface area (Å²) in [6.07, 6.45) is 2.27. The van der Waals surface area contributed by atoms with Crippen LogP contribution in [0.5, 0.6) is 0 Å². The van der Waals surface area contributed by atoms with Gasteiger partial charge < -0.3 is 15.2 Å². The predicted octanol–water partition coefficient (Wildman–Crippen LogP) is 3.34. The van der Waals surface area contributed by atoms with Gasteiger partial charge in [-0.05, 0) is 23.8 Å².